The fourth-order valence-corrected chi connectivity index (χ4v) is 259. The van der Waals surface area contributed by atoms with E-state index in [4.69, 9.17) is 0 Å². The van der Waals surface area contributed by atoms with Crippen LogP contribution in [0.3, 0.4) is 0 Å². The number of hydrogen-bond acceptors (Lipinski definition) is 3. The van der Waals surface area contributed by atoms with Crippen LogP contribution >= 0.6 is 0 Å². The van der Waals surface area contributed by atoms with Crippen LogP contribution in [0.4, 0.5) is 0 Å². The molecule has 0 aliphatic rings. The van der Waals surface area contributed by atoms with E-state index in [1.54, 1.807) is 0 Å². The van der Waals surface area contributed by atoms with E-state index < -0.39 is 103 Å². The standard InChI is InChI=1S/3C36H30Ge2N.ClH.Hf/c3*1-7-19-31(20-8-1)37(32-21-9-2-10-22-32,33-23-11-3-12-24-33)39-38(34-25-13-4-14-26-34,35-27-15-5-16-28-35)36-29-17-6-18-30-36;;/h3*1-30H;1H;/q3*-1;;+4/p-1. The first-order chi connectivity index (χ1) is 58.6. The van der Waals surface area contributed by atoms with E-state index in [0.29, 0.717) is 0 Å². The first-order valence-corrected chi connectivity index (χ1v) is 70.2. The number of rotatable bonds is 27. The van der Waals surface area contributed by atoms with Crippen molar-refractivity contribution >= 4 is 160 Å². The first kappa shape index (κ1) is 81.6. The maximum absolute atomic E-state index is 6.27. The summed E-state index contributed by atoms with van der Waals surface area (Å²) in [5, 5.41) is 0. The van der Waals surface area contributed by atoms with Crippen molar-refractivity contribution in [2.24, 2.45) is 0 Å². The van der Waals surface area contributed by atoms with Crippen LogP contribution in [0.5, 0.6) is 0 Å². The number of benzene rings is 18. The summed E-state index contributed by atoms with van der Waals surface area (Å²) >= 11 is -39.3. The number of halogens is 1. The summed E-state index contributed by atoms with van der Waals surface area (Å²) in [6.07, 6.45) is 0. The van der Waals surface area contributed by atoms with Crippen molar-refractivity contribution < 1.29 is 34.7 Å². The molecule has 0 unspecified atom stereocenters. The SMILES string of the molecule is [Cl-].c1cc[c]([Ge]([c]2ccccc2)([c]2ccccc2)[N]([Hf+]([N]([Ge]([c]2ccccc2)([c]2ccccc2)[c]2ccccc2)[Ge]([c]2ccccc2)([c]2ccccc2)[c]2ccccc2)[N]([Ge]([c]2ccccc2)([c]2ccccc2)[c]2ccccc2)[Ge]([c]2ccccc2)([c]2ccccc2)[c]2ccccc2)[Ge]([c]2ccccc2)([c]2ccccc2)[c]2ccccc2)cc1. The fraction of sp³-hybridized carbons (Fsp3) is 0. The normalized spacial score (nSPS) is 12.0. The molecular formula is C108H90ClGe6HfN3. The molecule has 0 saturated carbocycles. The van der Waals surface area contributed by atoms with E-state index in [2.05, 4.69) is 548 Å². The fourth-order valence-electron chi connectivity index (χ4n) is 19.5. The zero-order chi connectivity index (χ0) is 79.3. The molecule has 0 aliphatic carbocycles. The van der Waals surface area contributed by atoms with Crippen LogP contribution in [0.2, 0.25) is 0 Å². The molecular weight excluding hydrogens is 1990 g/mol. The third-order valence-corrected chi connectivity index (χ3v) is 161. The zero-order valence-corrected chi connectivity index (χ0v) is 83.1. The Morgan fingerprint density at radius 3 is 0.218 bits per heavy atom. The summed E-state index contributed by atoms with van der Waals surface area (Å²) in [5.41, 5.74) is 0. The molecule has 572 valence electrons. The van der Waals surface area contributed by atoms with Crippen LogP contribution < -0.4 is 91.5 Å². The molecule has 119 heavy (non-hydrogen) atoms. The minimum absolute atomic E-state index is 0. The van der Waals surface area contributed by atoms with Gasteiger partial charge in [-0.1, -0.05) is 0 Å². The van der Waals surface area contributed by atoms with E-state index in [1.165, 1.54) is 79.1 Å². The van der Waals surface area contributed by atoms with Crippen molar-refractivity contribution in [2.75, 3.05) is 0 Å². The van der Waals surface area contributed by atoms with Gasteiger partial charge in [0.2, 0.25) is 0 Å². The molecule has 0 aliphatic heterocycles. The van der Waals surface area contributed by atoms with Crippen LogP contribution in [0, 0.1) is 0 Å². The molecule has 3 nitrogen and oxygen atoms in total. The molecule has 0 atom stereocenters. The van der Waals surface area contributed by atoms with Gasteiger partial charge in [0.05, 0.1) is 0 Å². The second kappa shape index (κ2) is 37.5. The monoisotopic (exact) mass is 2090 g/mol. The van der Waals surface area contributed by atoms with Crippen LogP contribution in [-0.2, 0) is 22.3 Å². The molecule has 0 amide bonds. The summed E-state index contributed by atoms with van der Waals surface area (Å²) in [6, 6.07) is 222. The Labute approximate surface area is 734 Å². The van der Waals surface area contributed by atoms with Gasteiger partial charge < -0.3 is 12.4 Å². The van der Waals surface area contributed by atoms with Gasteiger partial charge in [-0.15, -0.1) is 0 Å². The Hall–Kier alpha value is -9.74. The molecule has 11 heteroatoms. The van der Waals surface area contributed by atoms with Gasteiger partial charge in [-0.05, 0) is 0 Å². The predicted molar refractivity (Wildman–Crippen MR) is 509 cm³/mol. The molecule has 0 heterocycles. The summed E-state index contributed by atoms with van der Waals surface area (Å²) in [5.74, 6) is 0. The van der Waals surface area contributed by atoms with Crippen molar-refractivity contribution in [1.29, 1.82) is 0 Å². The number of hydrogen-bond donors (Lipinski definition) is 0. The van der Waals surface area contributed by atoms with Gasteiger partial charge in [-0.3, -0.25) is 0 Å². The Morgan fingerprint density at radius 1 is 0.101 bits per heavy atom. The van der Waals surface area contributed by atoms with Gasteiger partial charge in [0, 0.05) is 0 Å². The topological polar surface area (TPSA) is 9.72 Å². The molecule has 18 aromatic carbocycles. The predicted octanol–water partition coefficient (Wildman–Crippen LogP) is 9.26. The Balaban J connectivity index is 0.0000101. The maximum atomic E-state index is 3.89. The van der Waals surface area contributed by atoms with Gasteiger partial charge in [-0.2, -0.15) is 0 Å². The van der Waals surface area contributed by atoms with E-state index in [0.717, 1.165) is 0 Å². The van der Waals surface area contributed by atoms with Crippen LogP contribution in [0.1, 0.15) is 0 Å². The average Bonchev–Trinajstić information content (AvgIpc) is 0.652. The minimum atomic E-state index is -6.27. The van der Waals surface area contributed by atoms with Gasteiger partial charge in [0.25, 0.3) is 0 Å². The molecule has 18 rings (SSSR count). The van der Waals surface area contributed by atoms with Crippen molar-refractivity contribution in [2.45, 2.75) is 0 Å². The third-order valence-electron chi connectivity index (χ3n) is 24.1. The molecule has 0 bridgehead atoms. The van der Waals surface area contributed by atoms with Crippen molar-refractivity contribution in [3.63, 3.8) is 0 Å². The van der Waals surface area contributed by atoms with Gasteiger partial charge in [0.1, 0.15) is 0 Å². The van der Waals surface area contributed by atoms with E-state index in [-0.39, 0.29) is 12.4 Å². The molecule has 0 spiro atoms. The third kappa shape index (κ3) is 14.5. The zero-order valence-electron chi connectivity index (χ0n) is 66.2. The van der Waals surface area contributed by atoms with Crippen LogP contribution in [-0.4, -0.2) is 83.3 Å². The Kier molecular flexibility index (Phi) is 25.7. The van der Waals surface area contributed by atoms with E-state index >= 15 is 0 Å². The van der Waals surface area contributed by atoms with Gasteiger partial charge >= 0.3 is 731 Å². The van der Waals surface area contributed by atoms with E-state index in [1.807, 2.05) is 0 Å². The van der Waals surface area contributed by atoms with Gasteiger partial charge in [0.15, 0.2) is 0 Å². The van der Waals surface area contributed by atoms with Crippen molar-refractivity contribution in [1.82, 2.24) is 2.41 Å². The average molecular weight is 2080 g/mol. The molecule has 0 fully saturated rings. The molecule has 18 aromatic rings. The Bertz CT molecular complexity index is 4600. The summed E-state index contributed by atoms with van der Waals surface area (Å²) in [7, 11) is 0. The van der Waals surface area contributed by atoms with Crippen LogP contribution in [0.25, 0.3) is 0 Å². The van der Waals surface area contributed by atoms with Crippen molar-refractivity contribution in [3.8, 4) is 0 Å². The summed E-state index contributed by atoms with van der Waals surface area (Å²) in [4.78, 5) is 0. The molecule has 0 saturated heterocycles. The van der Waals surface area contributed by atoms with Gasteiger partial charge in [-0.25, -0.2) is 0 Å². The quantitative estimate of drug-likeness (QED) is 0.0476. The van der Waals surface area contributed by atoms with E-state index in [9.17, 15) is 0 Å². The number of nitrogens with zero attached hydrogens (tertiary/aromatic N) is 3. The van der Waals surface area contributed by atoms with Crippen molar-refractivity contribution in [3.05, 3.63) is 546 Å². The summed E-state index contributed by atoms with van der Waals surface area (Å²) < 4.78 is 36.5. The van der Waals surface area contributed by atoms with Crippen LogP contribution in [0.15, 0.2) is 546 Å². The molecule has 0 N–H and O–H groups in total. The second-order valence-electron chi connectivity index (χ2n) is 30.2. The molecule has 0 aromatic heterocycles. The second-order valence-corrected chi connectivity index (χ2v) is 109. The molecule has 0 radical (unpaired) electrons. The summed E-state index contributed by atoms with van der Waals surface area (Å²) in [6.45, 7) is 0. The first-order valence-electron chi connectivity index (χ1n) is 40.9. The Morgan fingerprint density at radius 2 is 0.160 bits per heavy atom.